The van der Waals surface area contributed by atoms with Gasteiger partial charge in [0.15, 0.2) is 0 Å². The van der Waals surface area contributed by atoms with Crippen LogP contribution in [0.25, 0.3) is 0 Å². The molecule has 6 heteroatoms. The molecule has 0 aliphatic heterocycles. The lowest BCUT2D eigenvalue weighted by Gasteiger charge is -1.99. The zero-order valence-corrected chi connectivity index (χ0v) is 9.04. The summed E-state index contributed by atoms with van der Waals surface area (Å²) < 4.78 is 10.1. The fraction of sp³-hybridized carbons (Fsp3) is 0.750. The summed E-state index contributed by atoms with van der Waals surface area (Å²) in [5, 5.41) is 10.3. The summed E-state index contributed by atoms with van der Waals surface area (Å²) >= 11 is 5.76. The fourth-order valence-corrected chi connectivity index (χ4v) is 0.967. The number of hydrogen-bond donors (Lipinski definition) is 1. The van der Waals surface area contributed by atoms with Gasteiger partial charge in [-0.1, -0.05) is 5.10 Å². The first-order valence-corrected chi connectivity index (χ1v) is 4.88. The summed E-state index contributed by atoms with van der Waals surface area (Å²) in [6.45, 7) is 3.23. The van der Waals surface area contributed by atoms with Crippen LogP contribution in [0.2, 0.25) is 0 Å². The van der Waals surface area contributed by atoms with Crippen molar-refractivity contribution in [3.63, 3.8) is 0 Å². The Kier molecular flexibility index (Phi) is 4.69. The van der Waals surface area contributed by atoms with Gasteiger partial charge in [0.2, 0.25) is 5.89 Å². The van der Waals surface area contributed by atoms with Crippen LogP contribution in [-0.2, 0) is 4.74 Å². The van der Waals surface area contributed by atoms with Crippen LogP contribution in [0.4, 0.5) is 6.01 Å². The van der Waals surface area contributed by atoms with E-state index in [1.54, 1.807) is 14.0 Å². The monoisotopic (exact) mass is 219 g/mol. The van der Waals surface area contributed by atoms with Gasteiger partial charge in [0, 0.05) is 20.3 Å². The molecule has 0 aromatic carbocycles. The summed E-state index contributed by atoms with van der Waals surface area (Å²) in [5.41, 5.74) is 0. The van der Waals surface area contributed by atoms with Gasteiger partial charge in [0.25, 0.3) is 0 Å². The molecular formula is C8H14ClN3O2. The largest absolute Gasteiger partial charge is 0.407 e. The van der Waals surface area contributed by atoms with Crippen LogP contribution >= 0.6 is 11.6 Å². The zero-order valence-electron chi connectivity index (χ0n) is 8.29. The number of hydrogen-bond acceptors (Lipinski definition) is 5. The molecule has 5 nitrogen and oxygen atoms in total. The first-order chi connectivity index (χ1) is 6.74. The van der Waals surface area contributed by atoms with Crippen LogP contribution in [0.3, 0.4) is 0 Å². The molecule has 80 valence electrons. The molecule has 0 spiro atoms. The smallest absolute Gasteiger partial charge is 0.315 e. The molecule has 0 aliphatic rings. The lowest BCUT2D eigenvalue weighted by molar-refractivity contribution is 0.197. The predicted molar refractivity (Wildman–Crippen MR) is 53.5 cm³/mol. The van der Waals surface area contributed by atoms with Crippen molar-refractivity contribution in [2.45, 2.75) is 18.7 Å². The van der Waals surface area contributed by atoms with Gasteiger partial charge in [-0.3, -0.25) is 0 Å². The highest BCUT2D eigenvalue weighted by Gasteiger charge is 2.09. The van der Waals surface area contributed by atoms with Crippen molar-refractivity contribution in [2.24, 2.45) is 0 Å². The van der Waals surface area contributed by atoms with Gasteiger partial charge in [-0.05, 0) is 13.3 Å². The standard InChI is InChI=1S/C8H14ClN3O2/c1-6(9)7-11-12-8(14-7)10-4-3-5-13-2/h6H,3-5H2,1-2H3,(H,10,12). The van der Waals surface area contributed by atoms with E-state index >= 15 is 0 Å². The molecule has 1 rings (SSSR count). The van der Waals surface area contributed by atoms with Gasteiger partial charge in [-0.15, -0.1) is 16.7 Å². The molecule has 1 N–H and O–H groups in total. The number of nitrogens with zero attached hydrogens (tertiary/aromatic N) is 2. The Bertz CT molecular complexity index is 265. The van der Waals surface area contributed by atoms with Crippen LogP contribution in [0.1, 0.15) is 24.6 Å². The van der Waals surface area contributed by atoms with E-state index in [2.05, 4.69) is 15.5 Å². The molecule has 0 fully saturated rings. The number of rotatable bonds is 6. The highest BCUT2D eigenvalue weighted by molar-refractivity contribution is 6.20. The third-order valence-electron chi connectivity index (χ3n) is 1.58. The van der Waals surface area contributed by atoms with E-state index in [0.29, 0.717) is 18.5 Å². The first kappa shape index (κ1) is 11.3. The molecule has 1 aromatic rings. The predicted octanol–water partition coefficient (Wildman–Crippen LogP) is 1.82. The maximum Gasteiger partial charge on any atom is 0.315 e. The molecule has 0 aliphatic carbocycles. The van der Waals surface area contributed by atoms with Gasteiger partial charge in [0.05, 0.1) is 0 Å². The SMILES string of the molecule is COCCCNc1nnc(C(C)Cl)o1. The second kappa shape index (κ2) is 5.82. The number of aromatic nitrogens is 2. The Morgan fingerprint density at radius 3 is 2.93 bits per heavy atom. The van der Waals surface area contributed by atoms with Gasteiger partial charge in [-0.25, -0.2) is 0 Å². The average Bonchev–Trinajstić information content (AvgIpc) is 2.61. The third kappa shape index (κ3) is 3.51. The van der Waals surface area contributed by atoms with E-state index in [9.17, 15) is 0 Å². The Morgan fingerprint density at radius 1 is 1.57 bits per heavy atom. The van der Waals surface area contributed by atoms with Crippen LogP contribution in [-0.4, -0.2) is 30.5 Å². The van der Waals surface area contributed by atoms with Crippen molar-refractivity contribution >= 4 is 17.6 Å². The van der Waals surface area contributed by atoms with Crippen molar-refractivity contribution in [1.29, 1.82) is 0 Å². The van der Waals surface area contributed by atoms with Gasteiger partial charge in [-0.2, -0.15) is 0 Å². The maximum absolute atomic E-state index is 5.76. The second-order valence-corrected chi connectivity index (χ2v) is 3.49. The number of alkyl halides is 1. The topological polar surface area (TPSA) is 60.2 Å². The zero-order chi connectivity index (χ0) is 10.4. The molecule has 0 saturated carbocycles. The van der Waals surface area contributed by atoms with E-state index in [-0.39, 0.29) is 5.38 Å². The van der Waals surface area contributed by atoms with Crippen molar-refractivity contribution in [2.75, 3.05) is 25.6 Å². The number of ether oxygens (including phenoxy) is 1. The van der Waals surface area contributed by atoms with Crippen molar-refractivity contribution < 1.29 is 9.15 Å². The Balaban J connectivity index is 2.29. The van der Waals surface area contributed by atoms with Crippen LogP contribution < -0.4 is 5.32 Å². The van der Waals surface area contributed by atoms with E-state index in [0.717, 1.165) is 13.0 Å². The van der Waals surface area contributed by atoms with E-state index in [1.807, 2.05) is 0 Å². The quantitative estimate of drug-likeness (QED) is 0.584. The first-order valence-electron chi connectivity index (χ1n) is 4.44. The second-order valence-electron chi connectivity index (χ2n) is 2.83. The molecule has 1 unspecified atom stereocenters. The number of halogens is 1. The molecule has 1 heterocycles. The van der Waals surface area contributed by atoms with Crippen molar-refractivity contribution in [1.82, 2.24) is 10.2 Å². The minimum atomic E-state index is -0.253. The van der Waals surface area contributed by atoms with Crippen LogP contribution in [0, 0.1) is 0 Å². The van der Waals surface area contributed by atoms with Crippen LogP contribution in [0.15, 0.2) is 4.42 Å². The average molecular weight is 220 g/mol. The minimum absolute atomic E-state index is 0.253. The Hall–Kier alpha value is -0.810. The molecule has 1 aromatic heterocycles. The van der Waals surface area contributed by atoms with Gasteiger partial charge in [0.1, 0.15) is 5.38 Å². The molecule has 0 saturated heterocycles. The highest BCUT2D eigenvalue weighted by atomic mass is 35.5. The van der Waals surface area contributed by atoms with E-state index in [4.69, 9.17) is 20.8 Å². The lowest BCUT2D eigenvalue weighted by Crippen LogP contribution is -2.04. The highest BCUT2D eigenvalue weighted by Crippen LogP contribution is 2.18. The molecule has 0 bridgehead atoms. The van der Waals surface area contributed by atoms with Gasteiger partial charge >= 0.3 is 6.01 Å². The maximum atomic E-state index is 5.76. The summed E-state index contributed by atoms with van der Waals surface area (Å²) in [4.78, 5) is 0. The molecular weight excluding hydrogens is 206 g/mol. The normalized spacial score (nSPS) is 12.8. The fourth-order valence-electron chi connectivity index (χ4n) is 0.879. The Labute approximate surface area is 87.8 Å². The van der Waals surface area contributed by atoms with Crippen LogP contribution in [0.5, 0.6) is 0 Å². The lowest BCUT2D eigenvalue weighted by atomic mass is 10.4. The molecule has 0 amide bonds. The summed E-state index contributed by atoms with van der Waals surface area (Å²) in [7, 11) is 1.67. The van der Waals surface area contributed by atoms with E-state index < -0.39 is 0 Å². The van der Waals surface area contributed by atoms with Crippen molar-refractivity contribution in [3.05, 3.63) is 5.89 Å². The number of anilines is 1. The number of nitrogens with one attached hydrogen (secondary N) is 1. The molecule has 1 atom stereocenters. The summed E-state index contributed by atoms with van der Waals surface area (Å²) in [6.07, 6.45) is 0.893. The molecule has 14 heavy (non-hydrogen) atoms. The summed E-state index contributed by atoms with van der Waals surface area (Å²) in [5.74, 6) is 0.431. The minimum Gasteiger partial charge on any atom is -0.407 e. The number of methoxy groups -OCH3 is 1. The molecule has 0 radical (unpaired) electrons. The third-order valence-corrected chi connectivity index (χ3v) is 1.77. The Morgan fingerprint density at radius 2 is 2.36 bits per heavy atom. The van der Waals surface area contributed by atoms with E-state index in [1.165, 1.54) is 0 Å². The van der Waals surface area contributed by atoms with Crippen molar-refractivity contribution in [3.8, 4) is 0 Å². The summed E-state index contributed by atoms with van der Waals surface area (Å²) in [6, 6.07) is 0.406. The van der Waals surface area contributed by atoms with Gasteiger partial charge < -0.3 is 14.5 Å².